The molecule has 0 radical (unpaired) electrons. The highest BCUT2D eigenvalue weighted by molar-refractivity contribution is 6.42. The fourth-order valence-electron chi connectivity index (χ4n) is 2.15. The van der Waals surface area contributed by atoms with Gasteiger partial charge in [-0.3, -0.25) is 4.79 Å². The van der Waals surface area contributed by atoms with Crippen molar-refractivity contribution in [3.05, 3.63) is 33.8 Å². The van der Waals surface area contributed by atoms with E-state index in [0.717, 1.165) is 12.0 Å². The van der Waals surface area contributed by atoms with E-state index in [1.54, 1.807) is 19.1 Å². The quantitative estimate of drug-likeness (QED) is 0.869. The van der Waals surface area contributed by atoms with Crippen molar-refractivity contribution in [1.82, 2.24) is 5.32 Å². The second-order valence-corrected chi connectivity index (χ2v) is 5.69. The van der Waals surface area contributed by atoms with E-state index >= 15 is 0 Å². The molecule has 1 amide bonds. The summed E-state index contributed by atoms with van der Waals surface area (Å²) >= 11 is 11.8. The predicted molar refractivity (Wildman–Crippen MR) is 76.9 cm³/mol. The Morgan fingerprint density at radius 1 is 1.35 bits per heavy atom. The summed E-state index contributed by atoms with van der Waals surface area (Å²) in [5.41, 5.74) is 0.991. The zero-order valence-electron chi connectivity index (χ0n) is 11.2. The number of carbonyl (C=O) groups is 2. The van der Waals surface area contributed by atoms with Crippen LogP contribution in [0.3, 0.4) is 0 Å². The number of esters is 1. The van der Waals surface area contributed by atoms with Gasteiger partial charge in [-0.1, -0.05) is 29.3 Å². The molecule has 1 aromatic carbocycles. The van der Waals surface area contributed by atoms with Crippen molar-refractivity contribution in [3.8, 4) is 0 Å². The SMILES string of the molecule is COC(=O)[C@H](C)NC(=O)C1CC1c1ccc(Cl)c(Cl)c1. The average molecular weight is 316 g/mol. The number of nitrogens with one attached hydrogen (secondary N) is 1. The third kappa shape index (κ3) is 3.25. The molecule has 2 rings (SSSR count). The van der Waals surface area contributed by atoms with E-state index in [9.17, 15) is 9.59 Å². The normalized spacial score (nSPS) is 22.0. The largest absolute Gasteiger partial charge is 0.467 e. The minimum atomic E-state index is -0.637. The minimum Gasteiger partial charge on any atom is -0.467 e. The third-order valence-electron chi connectivity index (χ3n) is 3.41. The van der Waals surface area contributed by atoms with Crippen molar-refractivity contribution in [2.45, 2.75) is 25.3 Å². The lowest BCUT2D eigenvalue weighted by Crippen LogP contribution is -2.40. The number of halogens is 2. The van der Waals surface area contributed by atoms with Gasteiger partial charge in [0.05, 0.1) is 17.2 Å². The number of carbonyl (C=O) groups excluding carboxylic acids is 2. The Balaban J connectivity index is 1.95. The first-order valence-electron chi connectivity index (χ1n) is 6.27. The first kappa shape index (κ1) is 15.1. The van der Waals surface area contributed by atoms with Gasteiger partial charge >= 0.3 is 5.97 Å². The molecule has 0 spiro atoms. The molecule has 1 fully saturated rings. The maximum Gasteiger partial charge on any atom is 0.328 e. The highest BCUT2D eigenvalue weighted by atomic mass is 35.5. The highest BCUT2D eigenvalue weighted by Crippen LogP contribution is 2.48. The molecule has 20 heavy (non-hydrogen) atoms. The molecule has 0 heterocycles. The highest BCUT2D eigenvalue weighted by Gasteiger charge is 2.44. The second kappa shape index (κ2) is 6.02. The Kier molecular flexibility index (Phi) is 4.55. The molecule has 1 aliphatic rings. The fraction of sp³-hybridized carbons (Fsp3) is 0.429. The van der Waals surface area contributed by atoms with Gasteiger partial charge in [0.1, 0.15) is 6.04 Å². The molecule has 0 aliphatic heterocycles. The minimum absolute atomic E-state index is 0.126. The lowest BCUT2D eigenvalue weighted by Gasteiger charge is -2.11. The second-order valence-electron chi connectivity index (χ2n) is 4.88. The van der Waals surface area contributed by atoms with Crippen molar-refractivity contribution in [1.29, 1.82) is 0 Å². The van der Waals surface area contributed by atoms with Crippen LogP contribution in [-0.2, 0) is 14.3 Å². The molecular formula is C14H15Cl2NO3. The van der Waals surface area contributed by atoms with Crippen LogP contribution in [0, 0.1) is 5.92 Å². The Labute approximate surface area is 127 Å². The van der Waals surface area contributed by atoms with Crippen LogP contribution in [0.4, 0.5) is 0 Å². The number of rotatable bonds is 4. The molecule has 1 saturated carbocycles. The van der Waals surface area contributed by atoms with E-state index < -0.39 is 12.0 Å². The zero-order chi connectivity index (χ0) is 14.9. The van der Waals surface area contributed by atoms with Gasteiger partial charge < -0.3 is 10.1 Å². The van der Waals surface area contributed by atoms with Gasteiger partial charge in [0, 0.05) is 5.92 Å². The zero-order valence-corrected chi connectivity index (χ0v) is 12.7. The van der Waals surface area contributed by atoms with Crippen LogP contribution >= 0.6 is 23.2 Å². The molecule has 1 N–H and O–H groups in total. The van der Waals surface area contributed by atoms with Crippen LogP contribution in [-0.4, -0.2) is 25.0 Å². The number of amides is 1. The molecule has 0 saturated heterocycles. The monoisotopic (exact) mass is 315 g/mol. The van der Waals surface area contributed by atoms with Crippen LogP contribution in [0.5, 0.6) is 0 Å². The Hall–Kier alpha value is -1.26. The summed E-state index contributed by atoms with van der Waals surface area (Å²) in [4.78, 5) is 23.2. The maximum atomic E-state index is 12.0. The molecule has 2 unspecified atom stereocenters. The molecular weight excluding hydrogens is 301 g/mol. The first-order chi connectivity index (χ1) is 9.43. The number of hydrogen-bond donors (Lipinski definition) is 1. The van der Waals surface area contributed by atoms with Gasteiger partial charge in [-0.2, -0.15) is 0 Å². The fourth-order valence-corrected chi connectivity index (χ4v) is 2.46. The number of hydrogen-bond acceptors (Lipinski definition) is 3. The van der Waals surface area contributed by atoms with Crippen molar-refractivity contribution in [2.24, 2.45) is 5.92 Å². The maximum absolute atomic E-state index is 12.0. The lowest BCUT2D eigenvalue weighted by molar-refractivity contribution is -0.144. The summed E-state index contributed by atoms with van der Waals surface area (Å²) in [5, 5.41) is 3.63. The van der Waals surface area contributed by atoms with Crippen molar-refractivity contribution in [2.75, 3.05) is 7.11 Å². The van der Waals surface area contributed by atoms with Crippen LogP contribution in [0.1, 0.15) is 24.8 Å². The Morgan fingerprint density at radius 2 is 2.05 bits per heavy atom. The van der Waals surface area contributed by atoms with Gasteiger partial charge in [-0.25, -0.2) is 4.79 Å². The molecule has 4 nitrogen and oxygen atoms in total. The predicted octanol–water partition coefficient (Wildman–Crippen LogP) is 2.77. The molecule has 0 bridgehead atoms. The van der Waals surface area contributed by atoms with Crippen LogP contribution in [0.2, 0.25) is 10.0 Å². The number of ether oxygens (including phenoxy) is 1. The molecule has 0 aromatic heterocycles. The summed E-state index contributed by atoms with van der Waals surface area (Å²) < 4.78 is 4.57. The van der Waals surface area contributed by atoms with E-state index in [1.807, 2.05) is 6.07 Å². The summed E-state index contributed by atoms with van der Waals surface area (Å²) in [6.45, 7) is 1.60. The van der Waals surface area contributed by atoms with E-state index in [2.05, 4.69) is 10.1 Å². The summed E-state index contributed by atoms with van der Waals surface area (Å²) in [5.74, 6) is -0.585. The van der Waals surface area contributed by atoms with Crippen molar-refractivity contribution in [3.63, 3.8) is 0 Å². The number of benzene rings is 1. The Bertz CT molecular complexity index is 547. The topological polar surface area (TPSA) is 55.4 Å². The van der Waals surface area contributed by atoms with Gasteiger partial charge in [0.15, 0.2) is 0 Å². The van der Waals surface area contributed by atoms with Crippen molar-refractivity contribution >= 4 is 35.1 Å². The lowest BCUT2D eigenvalue weighted by atomic mass is 10.1. The molecule has 108 valence electrons. The molecule has 3 atom stereocenters. The van der Waals surface area contributed by atoms with E-state index in [-0.39, 0.29) is 17.7 Å². The van der Waals surface area contributed by atoms with E-state index in [1.165, 1.54) is 7.11 Å². The summed E-state index contributed by atoms with van der Waals surface area (Å²) in [7, 11) is 1.29. The third-order valence-corrected chi connectivity index (χ3v) is 4.15. The number of methoxy groups -OCH3 is 1. The Morgan fingerprint density at radius 3 is 2.65 bits per heavy atom. The molecule has 1 aromatic rings. The van der Waals surface area contributed by atoms with Gasteiger partial charge in [0.25, 0.3) is 0 Å². The standard InChI is InChI=1S/C14H15Cl2NO3/c1-7(14(19)20-2)17-13(18)10-6-9(10)8-3-4-11(15)12(16)5-8/h3-5,7,9-10H,6H2,1-2H3,(H,17,18)/t7-,9?,10?/m0/s1. The molecule has 1 aliphatic carbocycles. The van der Waals surface area contributed by atoms with Crippen LogP contribution in [0.25, 0.3) is 0 Å². The van der Waals surface area contributed by atoms with E-state index in [4.69, 9.17) is 23.2 Å². The van der Waals surface area contributed by atoms with Crippen LogP contribution < -0.4 is 5.32 Å². The summed E-state index contributed by atoms with van der Waals surface area (Å²) in [6, 6.07) is 4.74. The van der Waals surface area contributed by atoms with Gasteiger partial charge in [-0.05, 0) is 37.0 Å². The average Bonchev–Trinajstić information content (AvgIpc) is 3.21. The van der Waals surface area contributed by atoms with Gasteiger partial charge in [0.2, 0.25) is 5.91 Å². The smallest absolute Gasteiger partial charge is 0.328 e. The van der Waals surface area contributed by atoms with Gasteiger partial charge in [-0.15, -0.1) is 0 Å². The van der Waals surface area contributed by atoms with E-state index in [0.29, 0.717) is 10.0 Å². The summed E-state index contributed by atoms with van der Waals surface area (Å²) in [6.07, 6.45) is 0.748. The van der Waals surface area contributed by atoms with Crippen molar-refractivity contribution < 1.29 is 14.3 Å². The van der Waals surface area contributed by atoms with Crippen LogP contribution in [0.15, 0.2) is 18.2 Å². The first-order valence-corrected chi connectivity index (χ1v) is 7.02. The molecule has 6 heteroatoms.